The van der Waals surface area contributed by atoms with Crippen molar-refractivity contribution in [3.63, 3.8) is 0 Å². The van der Waals surface area contributed by atoms with E-state index < -0.39 is 0 Å². The third-order valence-electron chi connectivity index (χ3n) is 3.95. The van der Waals surface area contributed by atoms with Gasteiger partial charge in [0.05, 0.1) is 38.3 Å². The number of hydrogen-bond acceptors (Lipinski definition) is 6. The van der Waals surface area contributed by atoms with E-state index in [1.54, 1.807) is 0 Å². The minimum absolute atomic E-state index is 0.114. The molecule has 1 aliphatic rings. The van der Waals surface area contributed by atoms with Gasteiger partial charge in [-0.15, -0.1) is 0 Å². The van der Waals surface area contributed by atoms with Crippen LogP contribution in [0, 0.1) is 0 Å². The van der Waals surface area contributed by atoms with E-state index in [1.165, 1.54) is 0 Å². The van der Waals surface area contributed by atoms with Crippen molar-refractivity contribution >= 4 is 0 Å². The van der Waals surface area contributed by atoms with E-state index in [0.29, 0.717) is 19.6 Å². The first-order chi connectivity index (χ1) is 8.58. The van der Waals surface area contributed by atoms with Crippen molar-refractivity contribution in [1.82, 2.24) is 14.7 Å². The zero-order valence-electron chi connectivity index (χ0n) is 11.7. The lowest BCUT2D eigenvalue weighted by Crippen LogP contribution is -2.69. The van der Waals surface area contributed by atoms with E-state index in [4.69, 9.17) is 0 Å². The van der Waals surface area contributed by atoms with E-state index in [-0.39, 0.29) is 38.3 Å². The van der Waals surface area contributed by atoms with E-state index in [9.17, 15) is 15.3 Å². The molecule has 1 aliphatic heterocycles. The molecule has 0 aromatic heterocycles. The second kappa shape index (κ2) is 7.37. The van der Waals surface area contributed by atoms with E-state index in [2.05, 4.69) is 35.5 Å². The zero-order chi connectivity index (χ0) is 13.7. The van der Waals surface area contributed by atoms with Crippen molar-refractivity contribution in [3.05, 3.63) is 0 Å². The maximum atomic E-state index is 9.17. The van der Waals surface area contributed by atoms with Gasteiger partial charge in [-0.05, 0) is 20.8 Å². The lowest BCUT2D eigenvalue weighted by molar-refractivity contribution is -0.164. The summed E-state index contributed by atoms with van der Waals surface area (Å²) in [6.07, 6.45) is 0.512. The fourth-order valence-electron chi connectivity index (χ4n) is 2.98. The van der Waals surface area contributed by atoms with Crippen LogP contribution in [0.25, 0.3) is 0 Å². The highest BCUT2D eigenvalue weighted by molar-refractivity contribution is 4.86. The summed E-state index contributed by atoms with van der Waals surface area (Å²) in [7, 11) is 0. The monoisotopic (exact) mass is 261 g/mol. The molecule has 18 heavy (non-hydrogen) atoms. The zero-order valence-corrected chi connectivity index (χ0v) is 11.7. The summed E-state index contributed by atoms with van der Waals surface area (Å²) in [5.41, 5.74) is 0. The van der Waals surface area contributed by atoms with Crippen molar-refractivity contribution < 1.29 is 15.3 Å². The fraction of sp³-hybridized carbons (Fsp3) is 1.00. The molecule has 0 unspecified atom stereocenters. The van der Waals surface area contributed by atoms with Crippen molar-refractivity contribution in [2.24, 2.45) is 0 Å². The molecule has 0 atom stereocenters. The van der Waals surface area contributed by atoms with Gasteiger partial charge in [-0.25, -0.2) is 0 Å². The number of nitrogens with zero attached hydrogens (tertiary/aromatic N) is 3. The fourth-order valence-corrected chi connectivity index (χ4v) is 2.98. The Bertz CT molecular complexity index is 193. The third-order valence-corrected chi connectivity index (χ3v) is 3.95. The Balaban J connectivity index is 2.86. The first kappa shape index (κ1) is 15.8. The molecule has 0 spiro atoms. The normalized spacial score (nSPS) is 32.0. The molecule has 1 saturated heterocycles. The summed E-state index contributed by atoms with van der Waals surface area (Å²) >= 11 is 0. The van der Waals surface area contributed by atoms with Crippen LogP contribution < -0.4 is 0 Å². The molecule has 1 rings (SSSR count). The topological polar surface area (TPSA) is 70.4 Å². The largest absolute Gasteiger partial charge is 0.395 e. The lowest BCUT2D eigenvalue weighted by Gasteiger charge is -2.55. The van der Waals surface area contributed by atoms with E-state index in [0.717, 1.165) is 0 Å². The molecule has 0 radical (unpaired) electrons. The molecule has 0 aromatic rings. The Kier molecular flexibility index (Phi) is 6.48. The molecule has 0 aliphatic carbocycles. The summed E-state index contributed by atoms with van der Waals surface area (Å²) in [6.45, 7) is 8.41. The van der Waals surface area contributed by atoms with Crippen LogP contribution in [-0.4, -0.2) is 88.0 Å². The molecular formula is C12H27N3O3. The SMILES string of the molecule is CC1N(CCO)C(C)N(CCO)C(C)N1CCO. The number of rotatable bonds is 6. The molecule has 6 nitrogen and oxygen atoms in total. The Hall–Kier alpha value is -0.240. The molecular weight excluding hydrogens is 234 g/mol. The second-order valence-corrected chi connectivity index (χ2v) is 4.78. The number of aliphatic hydroxyl groups excluding tert-OH is 3. The minimum Gasteiger partial charge on any atom is -0.395 e. The van der Waals surface area contributed by atoms with Crippen molar-refractivity contribution in [1.29, 1.82) is 0 Å². The van der Waals surface area contributed by atoms with Crippen LogP contribution >= 0.6 is 0 Å². The standard InChI is InChI=1S/C12H27N3O3/c1-10-13(4-7-16)11(2)15(6-9-18)12(3)14(10)5-8-17/h10-12,16-18H,4-9H2,1-3H3. The Morgan fingerprint density at radius 1 is 0.611 bits per heavy atom. The van der Waals surface area contributed by atoms with Gasteiger partial charge in [-0.1, -0.05) is 0 Å². The molecule has 1 fully saturated rings. The van der Waals surface area contributed by atoms with Gasteiger partial charge < -0.3 is 15.3 Å². The Labute approximate surface area is 109 Å². The summed E-state index contributed by atoms with van der Waals surface area (Å²) in [6, 6.07) is 0. The Morgan fingerprint density at radius 3 is 1.00 bits per heavy atom. The van der Waals surface area contributed by atoms with Gasteiger partial charge in [-0.3, -0.25) is 14.7 Å². The van der Waals surface area contributed by atoms with Gasteiger partial charge in [0.2, 0.25) is 0 Å². The van der Waals surface area contributed by atoms with Crippen LogP contribution in [0.2, 0.25) is 0 Å². The molecule has 0 aromatic carbocycles. The molecule has 1 heterocycles. The smallest absolute Gasteiger partial charge is 0.0622 e. The van der Waals surface area contributed by atoms with Crippen LogP contribution in [0.5, 0.6) is 0 Å². The van der Waals surface area contributed by atoms with Crippen LogP contribution in [0.4, 0.5) is 0 Å². The quantitative estimate of drug-likeness (QED) is 0.565. The Morgan fingerprint density at radius 2 is 0.833 bits per heavy atom. The van der Waals surface area contributed by atoms with Gasteiger partial charge >= 0.3 is 0 Å². The predicted molar refractivity (Wildman–Crippen MR) is 69.8 cm³/mol. The average Bonchev–Trinajstić information content (AvgIpc) is 2.35. The molecule has 3 N–H and O–H groups in total. The highest BCUT2D eigenvalue weighted by Gasteiger charge is 2.39. The summed E-state index contributed by atoms with van der Waals surface area (Å²) in [5, 5.41) is 27.5. The average molecular weight is 261 g/mol. The number of hydrogen-bond donors (Lipinski definition) is 3. The van der Waals surface area contributed by atoms with E-state index in [1.807, 2.05) is 0 Å². The number of β-amino-alcohol motifs (C(OH)–C–C–N with tert-alkyl or cyclic N) is 3. The summed E-state index contributed by atoms with van der Waals surface area (Å²) in [5.74, 6) is 0. The minimum atomic E-state index is 0.114. The van der Waals surface area contributed by atoms with Gasteiger partial charge in [-0.2, -0.15) is 0 Å². The van der Waals surface area contributed by atoms with Gasteiger partial charge in [0, 0.05) is 19.6 Å². The first-order valence-corrected chi connectivity index (χ1v) is 6.68. The number of aliphatic hydroxyl groups is 3. The van der Waals surface area contributed by atoms with Crippen molar-refractivity contribution in [2.75, 3.05) is 39.5 Å². The van der Waals surface area contributed by atoms with Gasteiger partial charge in [0.1, 0.15) is 0 Å². The molecule has 108 valence electrons. The maximum absolute atomic E-state index is 9.17. The molecule has 6 heteroatoms. The lowest BCUT2D eigenvalue weighted by atomic mass is 10.2. The second-order valence-electron chi connectivity index (χ2n) is 4.78. The summed E-state index contributed by atoms with van der Waals surface area (Å²) < 4.78 is 0. The van der Waals surface area contributed by atoms with Crippen molar-refractivity contribution in [3.8, 4) is 0 Å². The van der Waals surface area contributed by atoms with Crippen molar-refractivity contribution in [2.45, 2.75) is 39.3 Å². The predicted octanol–water partition coefficient (Wildman–Crippen LogP) is -1.08. The van der Waals surface area contributed by atoms with Gasteiger partial charge in [0.25, 0.3) is 0 Å². The van der Waals surface area contributed by atoms with Crippen LogP contribution in [0.15, 0.2) is 0 Å². The van der Waals surface area contributed by atoms with Crippen LogP contribution in [0.1, 0.15) is 20.8 Å². The summed E-state index contributed by atoms with van der Waals surface area (Å²) in [4.78, 5) is 6.56. The van der Waals surface area contributed by atoms with Gasteiger partial charge in [0.15, 0.2) is 0 Å². The molecule has 0 saturated carbocycles. The highest BCUT2D eigenvalue weighted by Crippen LogP contribution is 2.24. The molecule has 0 bridgehead atoms. The van der Waals surface area contributed by atoms with Crippen LogP contribution in [-0.2, 0) is 0 Å². The maximum Gasteiger partial charge on any atom is 0.0622 e. The highest BCUT2D eigenvalue weighted by atomic mass is 16.3. The van der Waals surface area contributed by atoms with Crippen LogP contribution in [0.3, 0.4) is 0 Å². The van der Waals surface area contributed by atoms with E-state index >= 15 is 0 Å². The molecule has 0 amide bonds. The first-order valence-electron chi connectivity index (χ1n) is 6.68. The third kappa shape index (κ3) is 3.20.